The molecular formula is C13H16Ti. The fourth-order valence-electron chi connectivity index (χ4n) is 0.960. The van der Waals surface area contributed by atoms with Gasteiger partial charge in [0.25, 0.3) is 0 Å². The summed E-state index contributed by atoms with van der Waals surface area (Å²) in [6.45, 7) is 4.27. The SMILES string of the molecule is CC1=C(C)C[C-]=C1.[C-]1=CC=CC1.[CH2]=[Ti+2]. The van der Waals surface area contributed by atoms with Gasteiger partial charge in [-0.2, -0.15) is 11.6 Å². The first-order valence-corrected chi connectivity index (χ1v) is 5.71. The Bertz CT molecular complexity index is 257. The van der Waals surface area contributed by atoms with Crippen LogP contribution < -0.4 is 0 Å². The second-order valence-electron chi connectivity index (χ2n) is 2.99. The van der Waals surface area contributed by atoms with Crippen LogP contribution in [0.25, 0.3) is 0 Å². The molecule has 1 heteroatoms. The van der Waals surface area contributed by atoms with E-state index in [0.717, 1.165) is 12.8 Å². The van der Waals surface area contributed by atoms with Crippen molar-refractivity contribution in [3.63, 3.8) is 0 Å². The van der Waals surface area contributed by atoms with Crippen LogP contribution in [0.3, 0.4) is 0 Å². The predicted molar refractivity (Wildman–Crippen MR) is 59.5 cm³/mol. The summed E-state index contributed by atoms with van der Waals surface area (Å²) >= 11 is 1.75. The molecule has 2 aliphatic carbocycles. The molecule has 2 rings (SSSR count). The van der Waals surface area contributed by atoms with Crippen molar-refractivity contribution in [1.29, 1.82) is 0 Å². The second kappa shape index (κ2) is 9.11. The van der Waals surface area contributed by atoms with Gasteiger partial charge in [-0.05, 0) is 0 Å². The molecule has 0 aromatic rings. The molecular weight excluding hydrogens is 204 g/mol. The third-order valence-electron chi connectivity index (χ3n) is 1.94. The van der Waals surface area contributed by atoms with Crippen molar-refractivity contribution in [3.05, 3.63) is 47.6 Å². The first-order chi connectivity index (χ1) is 6.80. The number of rotatable bonds is 0. The van der Waals surface area contributed by atoms with Gasteiger partial charge in [-0.3, -0.25) is 12.2 Å². The van der Waals surface area contributed by atoms with Crippen LogP contribution in [0.2, 0.25) is 0 Å². The maximum atomic E-state index is 3.25. The molecule has 0 saturated carbocycles. The van der Waals surface area contributed by atoms with E-state index in [1.807, 2.05) is 12.2 Å². The molecule has 72 valence electrons. The second-order valence-corrected chi connectivity index (χ2v) is 2.99. The molecule has 0 amide bonds. The Morgan fingerprint density at radius 1 is 1.29 bits per heavy atom. The van der Waals surface area contributed by atoms with Crippen molar-refractivity contribution in [2.24, 2.45) is 0 Å². The van der Waals surface area contributed by atoms with Crippen LogP contribution in [0, 0.1) is 12.2 Å². The van der Waals surface area contributed by atoms with E-state index in [1.165, 1.54) is 11.1 Å². The quantitative estimate of drug-likeness (QED) is 0.433. The normalized spacial score (nSPS) is 16.3. The van der Waals surface area contributed by atoms with E-state index in [4.69, 9.17) is 0 Å². The molecule has 0 radical (unpaired) electrons. The minimum absolute atomic E-state index is 1.01. The molecule has 0 bridgehead atoms. The van der Waals surface area contributed by atoms with E-state index in [9.17, 15) is 0 Å². The molecule has 0 heterocycles. The molecule has 0 atom stereocenters. The monoisotopic (exact) mass is 220 g/mol. The summed E-state index contributed by atoms with van der Waals surface area (Å²) in [5.41, 5.74) is 2.85. The van der Waals surface area contributed by atoms with Crippen molar-refractivity contribution in [3.8, 4) is 0 Å². The molecule has 0 aromatic carbocycles. The van der Waals surface area contributed by atoms with E-state index in [0.29, 0.717) is 0 Å². The number of hydrogen-bond acceptors (Lipinski definition) is 0. The molecule has 0 aliphatic heterocycles. The molecule has 2 aliphatic rings. The number of hydrogen-bond donors (Lipinski definition) is 0. The zero-order chi connectivity index (χ0) is 10.8. The fraction of sp³-hybridized carbons (Fsp3) is 0.308. The summed E-state index contributed by atoms with van der Waals surface area (Å²) in [5.74, 6) is 0. The van der Waals surface area contributed by atoms with Gasteiger partial charge in [0.05, 0.1) is 0 Å². The summed E-state index contributed by atoms with van der Waals surface area (Å²) in [7, 11) is 0. The van der Waals surface area contributed by atoms with Gasteiger partial charge >= 0.3 is 24.8 Å². The van der Waals surface area contributed by atoms with Gasteiger partial charge in [0.1, 0.15) is 0 Å². The van der Waals surface area contributed by atoms with Crippen LogP contribution in [-0.2, 0) is 20.0 Å². The summed E-state index contributed by atoms with van der Waals surface area (Å²) in [4.78, 5) is 3.25. The third kappa shape index (κ3) is 6.07. The van der Waals surface area contributed by atoms with E-state index in [1.54, 1.807) is 20.0 Å². The zero-order valence-electron chi connectivity index (χ0n) is 8.93. The summed E-state index contributed by atoms with van der Waals surface area (Å²) in [6.07, 6.45) is 16.2. The molecule has 0 fully saturated rings. The Labute approximate surface area is 99.0 Å². The van der Waals surface area contributed by atoms with E-state index in [-0.39, 0.29) is 0 Å². The number of allylic oxidation sites excluding steroid dienone is 8. The van der Waals surface area contributed by atoms with Gasteiger partial charge < -0.3 is 0 Å². The maximum absolute atomic E-state index is 3.25. The van der Waals surface area contributed by atoms with Crippen LogP contribution in [0.5, 0.6) is 0 Å². The van der Waals surface area contributed by atoms with E-state index < -0.39 is 0 Å². The van der Waals surface area contributed by atoms with Gasteiger partial charge in [-0.15, -0.1) is 19.8 Å². The van der Waals surface area contributed by atoms with Gasteiger partial charge in [0, 0.05) is 0 Å². The molecule has 0 aromatic heterocycles. The van der Waals surface area contributed by atoms with Crippen LogP contribution >= 0.6 is 0 Å². The van der Waals surface area contributed by atoms with Crippen LogP contribution in [0.1, 0.15) is 26.7 Å². The fourth-order valence-corrected chi connectivity index (χ4v) is 0.960. The van der Waals surface area contributed by atoms with Crippen molar-refractivity contribution in [2.75, 3.05) is 0 Å². The van der Waals surface area contributed by atoms with Gasteiger partial charge in [0.2, 0.25) is 0 Å². The van der Waals surface area contributed by atoms with Gasteiger partial charge in [-0.1, -0.05) is 6.92 Å². The molecule has 0 spiro atoms. The van der Waals surface area contributed by atoms with E-state index >= 15 is 0 Å². The Kier molecular flexibility index (Phi) is 8.82. The average Bonchev–Trinajstić information content (AvgIpc) is 2.86. The van der Waals surface area contributed by atoms with Gasteiger partial charge in [0.15, 0.2) is 0 Å². The van der Waals surface area contributed by atoms with Crippen LogP contribution in [0.15, 0.2) is 35.5 Å². The molecule has 0 unspecified atom stereocenters. The van der Waals surface area contributed by atoms with Crippen molar-refractivity contribution in [2.45, 2.75) is 26.7 Å². The summed E-state index contributed by atoms with van der Waals surface area (Å²) in [6, 6.07) is 0. The topological polar surface area (TPSA) is 0 Å². The predicted octanol–water partition coefficient (Wildman–Crippen LogP) is 3.36. The first-order valence-electron chi connectivity index (χ1n) is 4.61. The third-order valence-corrected chi connectivity index (χ3v) is 1.94. The van der Waals surface area contributed by atoms with Crippen molar-refractivity contribution < 1.29 is 20.0 Å². The molecule has 0 saturated heterocycles. The summed E-state index contributed by atoms with van der Waals surface area (Å²) < 4.78 is 0. The van der Waals surface area contributed by atoms with Gasteiger partial charge in [-0.25, -0.2) is 23.8 Å². The molecule has 14 heavy (non-hydrogen) atoms. The Balaban J connectivity index is 0.000000213. The molecule has 0 nitrogen and oxygen atoms in total. The van der Waals surface area contributed by atoms with Crippen molar-refractivity contribution >= 4 is 4.82 Å². The standard InChI is InChI=1S/C7H9.C5H5.CH2.Ti/c1-6-4-3-5-7(6)2;1-2-4-5-3-1;;/h4H,5H2,1-2H3;1-3H,4H2;1H2;/q2*-1;;+2. The Morgan fingerprint density at radius 3 is 2.14 bits per heavy atom. The average molecular weight is 220 g/mol. The van der Waals surface area contributed by atoms with E-state index in [2.05, 4.69) is 43.0 Å². The first kappa shape index (κ1) is 13.5. The van der Waals surface area contributed by atoms with Crippen LogP contribution in [0.4, 0.5) is 0 Å². The Morgan fingerprint density at radius 2 is 2.00 bits per heavy atom. The van der Waals surface area contributed by atoms with Crippen molar-refractivity contribution in [1.82, 2.24) is 0 Å². The summed E-state index contributed by atoms with van der Waals surface area (Å²) in [5, 5.41) is 0. The minimum atomic E-state index is 1.01. The Hall–Kier alpha value is -0.456. The zero-order valence-corrected chi connectivity index (χ0v) is 10.5. The molecule has 0 N–H and O–H groups in total. The van der Waals surface area contributed by atoms with Crippen LogP contribution in [-0.4, -0.2) is 4.82 Å².